The quantitative estimate of drug-likeness (QED) is 0.544. The van der Waals surface area contributed by atoms with Crippen LogP contribution in [0.15, 0.2) is 12.2 Å². The number of nitrogens with zero attached hydrogens (tertiary/aromatic N) is 1. The molecule has 1 aliphatic heterocycles. The molecule has 4 nitrogen and oxygen atoms in total. The van der Waals surface area contributed by atoms with E-state index in [1.807, 2.05) is 6.08 Å². The molecule has 1 rings (SSSR count). The highest BCUT2D eigenvalue weighted by molar-refractivity contribution is 6.03. The summed E-state index contributed by atoms with van der Waals surface area (Å²) < 4.78 is 0. The predicted molar refractivity (Wildman–Crippen MR) is 57.7 cm³/mol. The first-order valence-corrected chi connectivity index (χ1v) is 5.40. The second-order valence-electron chi connectivity index (χ2n) is 3.74. The number of nitrogens with two attached hydrogens (primary N) is 1. The van der Waals surface area contributed by atoms with Crippen molar-refractivity contribution < 1.29 is 9.59 Å². The highest BCUT2D eigenvalue weighted by Gasteiger charge is 2.36. The Morgan fingerprint density at radius 3 is 2.73 bits per heavy atom. The normalized spacial score (nSPS) is 22.0. The molecule has 0 bridgehead atoms. The molecule has 0 spiro atoms. The SMILES string of the molecule is CCC/C=C/CC1CC(=O)N(CN)C1=O. The molecular weight excluding hydrogens is 192 g/mol. The van der Waals surface area contributed by atoms with Gasteiger partial charge < -0.3 is 5.73 Å². The van der Waals surface area contributed by atoms with E-state index in [1.54, 1.807) is 0 Å². The maximum Gasteiger partial charge on any atom is 0.234 e. The van der Waals surface area contributed by atoms with Gasteiger partial charge in [-0.2, -0.15) is 0 Å². The van der Waals surface area contributed by atoms with E-state index >= 15 is 0 Å². The molecule has 1 unspecified atom stereocenters. The average molecular weight is 210 g/mol. The molecule has 1 heterocycles. The van der Waals surface area contributed by atoms with E-state index in [-0.39, 0.29) is 24.4 Å². The van der Waals surface area contributed by atoms with Gasteiger partial charge in [-0.15, -0.1) is 0 Å². The zero-order chi connectivity index (χ0) is 11.3. The minimum atomic E-state index is -0.186. The second kappa shape index (κ2) is 5.66. The number of likely N-dealkylation sites (tertiary alicyclic amines) is 1. The highest BCUT2D eigenvalue weighted by Crippen LogP contribution is 2.22. The van der Waals surface area contributed by atoms with Crippen LogP contribution >= 0.6 is 0 Å². The summed E-state index contributed by atoms with van der Waals surface area (Å²) >= 11 is 0. The van der Waals surface area contributed by atoms with Gasteiger partial charge in [-0.25, -0.2) is 0 Å². The highest BCUT2D eigenvalue weighted by atomic mass is 16.2. The van der Waals surface area contributed by atoms with E-state index in [1.165, 1.54) is 0 Å². The number of unbranched alkanes of at least 4 members (excludes halogenated alkanes) is 1. The van der Waals surface area contributed by atoms with Gasteiger partial charge in [-0.05, 0) is 12.8 Å². The maximum atomic E-state index is 11.6. The van der Waals surface area contributed by atoms with Gasteiger partial charge in [0.05, 0.1) is 12.6 Å². The Morgan fingerprint density at radius 2 is 2.20 bits per heavy atom. The summed E-state index contributed by atoms with van der Waals surface area (Å²) in [7, 11) is 0. The number of hydrogen-bond acceptors (Lipinski definition) is 3. The zero-order valence-corrected chi connectivity index (χ0v) is 9.11. The van der Waals surface area contributed by atoms with Gasteiger partial charge in [0.2, 0.25) is 11.8 Å². The molecule has 2 N–H and O–H groups in total. The Morgan fingerprint density at radius 1 is 1.47 bits per heavy atom. The molecule has 0 aromatic carbocycles. The summed E-state index contributed by atoms with van der Waals surface area (Å²) in [5.41, 5.74) is 5.32. The van der Waals surface area contributed by atoms with Gasteiger partial charge in [0.15, 0.2) is 0 Å². The second-order valence-corrected chi connectivity index (χ2v) is 3.74. The Hall–Kier alpha value is -1.16. The first kappa shape index (κ1) is 11.9. The number of hydrogen-bond donors (Lipinski definition) is 1. The Kier molecular flexibility index (Phi) is 4.49. The topological polar surface area (TPSA) is 63.4 Å². The number of carbonyl (C=O) groups excluding carboxylic acids is 2. The Bertz CT molecular complexity index is 274. The molecule has 1 atom stereocenters. The fourth-order valence-electron chi connectivity index (χ4n) is 1.67. The van der Waals surface area contributed by atoms with Crippen LogP contribution in [-0.4, -0.2) is 23.4 Å². The molecule has 0 aliphatic carbocycles. The third-order valence-corrected chi connectivity index (χ3v) is 2.56. The van der Waals surface area contributed by atoms with Crippen molar-refractivity contribution in [1.29, 1.82) is 0 Å². The van der Waals surface area contributed by atoms with Crippen molar-refractivity contribution in [3.63, 3.8) is 0 Å². The molecule has 2 amide bonds. The summed E-state index contributed by atoms with van der Waals surface area (Å²) in [4.78, 5) is 24.1. The number of allylic oxidation sites excluding steroid dienone is 2. The molecule has 0 radical (unpaired) electrons. The molecule has 0 aromatic heterocycles. The lowest BCUT2D eigenvalue weighted by molar-refractivity contribution is -0.139. The fraction of sp³-hybridized carbons (Fsp3) is 0.636. The molecule has 4 heteroatoms. The van der Waals surface area contributed by atoms with Gasteiger partial charge in [-0.3, -0.25) is 14.5 Å². The van der Waals surface area contributed by atoms with Crippen molar-refractivity contribution in [3.8, 4) is 0 Å². The summed E-state index contributed by atoms with van der Waals surface area (Å²) in [6, 6.07) is 0. The first-order valence-electron chi connectivity index (χ1n) is 5.40. The smallest absolute Gasteiger partial charge is 0.234 e. The van der Waals surface area contributed by atoms with Crippen LogP contribution in [0.5, 0.6) is 0 Å². The van der Waals surface area contributed by atoms with Crippen molar-refractivity contribution in [3.05, 3.63) is 12.2 Å². The van der Waals surface area contributed by atoms with Crippen molar-refractivity contribution >= 4 is 11.8 Å². The van der Waals surface area contributed by atoms with Gasteiger partial charge >= 0.3 is 0 Å². The van der Waals surface area contributed by atoms with E-state index < -0.39 is 0 Å². The van der Waals surface area contributed by atoms with Gasteiger partial charge in [0, 0.05) is 6.42 Å². The zero-order valence-electron chi connectivity index (χ0n) is 9.11. The number of carbonyl (C=O) groups is 2. The van der Waals surface area contributed by atoms with Crippen LogP contribution in [-0.2, 0) is 9.59 Å². The molecule has 0 saturated carbocycles. The molecule has 84 valence electrons. The van der Waals surface area contributed by atoms with E-state index in [9.17, 15) is 9.59 Å². The monoisotopic (exact) mass is 210 g/mol. The third-order valence-electron chi connectivity index (χ3n) is 2.56. The van der Waals surface area contributed by atoms with Crippen LogP contribution in [0.2, 0.25) is 0 Å². The largest absolute Gasteiger partial charge is 0.313 e. The van der Waals surface area contributed by atoms with Crippen LogP contribution in [0, 0.1) is 5.92 Å². The summed E-state index contributed by atoms with van der Waals surface area (Å²) in [5, 5.41) is 0. The van der Waals surface area contributed by atoms with E-state index in [0.717, 1.165) is 17.7 Å². The lowest BCUT2D eigenvalue weighted by Crippen LogP contribution is -2.35. The lowest BCUT2D eigenvalue weighted by atomic mass is 10.0. The van der Waals surface area contributed by atoms with Crippen LogP contribution < -0.4 is 5.73 Å². The first-order chi connectivity index (χ1) is 7.20. The average Bonchev–Trinajstić information content (AvgIpc) is 2.49. The van der Waals surface area contributed by atoms with Crippen LogP contribution in [0.1, 0.15) is 32.6 Å². The van der Waals surface area contributed by atoms with Gasteiger partial charge in [-0.1, -0.05) is 25.5 Å². The molecule has 1 fully saturated rings. The van der Waals surface area contributed by atoms with Gasteiger partial charge in [0.25, 0.3) is 0 Å². The van der Waals surface area contributed by atoms with Crippen molar-refractivity contribution in [2.24, 2.45) is 11.7 Å². The fourth-order valence-corrected chi connectivity index (χ4v) is 1.67. The summed E-state index contributed by atoms with van der Waals surface area (Å²) in [5.74, 6) is -0.450. The van der Waals surface area contributed by atoms with Crippen LogP contribution in [0.25, 0.3) is 0 Å². The van der Waals surface area contributed by atoms with Crippen molar-refractivity contribution in [1.82, 2.24) is 4.90 Å². The van der Waals surface area contributed by atoms with Gasteiger partial charge in [0.1, 0.15) is 0 Å². The predicted octanol–water partition coefficient (Wildman–Crippen LogP) is 1.02. The molecule has 0 aromatic rings. The summed E-state index contributed by atoms with van der Waals surface area (Å²) in [6.45, 7) is 2.11. The Labute approximate surface area is 90.1 Å². The lowest BCUT2D eigenvalue weighted by Gasteiger charge is -2.10. The number of rotatable bonds is 5. The summed E-state index contributed by atoms with van der Waals surface area (Å²) in [6.07, 6.45) is 7.13. The van der Waals surface area contributed by atoms with Crippen LogP contribution in [0.3, 0.4) is 0 Å². The van der Waals surface area contributed by atoms with E-state index in [2.05, 4.69) is 13.0 Å². The number of amides is 2. The van der Waals surface area contributed by atoms with Crippen molar-refractivity contribution in [2.75, 3.05) is 6.67 Å². The molecule has 1 aliphatic rings. The minimum Gasteiger partial charge on any atom is -0.313 e. The third kappa shape index (κ3) is 2.89. The number of imide groups is 1. The minimum absolute atomic E-state index is 0.00679. The molecular formula is C11H18N2O2. The van der Waals surface area contributed by atoms with E-state index in [4.69, 9.17) is 5.73 Å². The molecule has 1 saturated heterocycles. The standard InChI is InChI=1S/C11H18N2O2/c1-2-3-4-5-6-9-7-10(14)13(8-12)11(9)15/h4-5,9H,2-3,6-8,12H2,1H3/b5-4+. The van der Waals surface area contributed by atoms with E-state index in [0.29, 0.717) is 12.8 Å². The van der Waals surface area contributed by atoms with Crippen LogP contribution in [0.4, 0.5) is 0 Å². The van der Waals surface area contributed by atoms with Crippen molar-refractivity contribution in [2.45, 2.75) is 32.6 Å². The molecule has 15 heavy (non-hydrogen) atoms. The maximum absolute atomic E-state index is 11.6. The Balaban J connectivity index is 2.45.